The summed E-state index contributed by atoms with van der Waals surface area (Å²) in [5.41, 5.74) is 7.13. The number of ether oxygens (including phenoxy) is 2. The van der Waals surface area contributed by atoms with Crippen LogP contribution in [-0.2, 0) is 19.1 Å². The van der Waals surface area contributed by atoms with Gasteiger partial charge in [0, 0.05) is 31.9 Å². The minimum Gasteiger partial charge on any atom is -0.453 e. The Morgan fingerprint density at radius 2 is 1.28 bits per heavy atom. The predicted octanol–water partition coefficient (Wildman–Crippen LogP) is 9.24. The summed E-state index contributed by atoms with van der Waals surface area (Å²) in [5.74, 6) is 1.60. The Bertz CT molecular complexity index is 2580. The molecule has 0 unspecified atom stereocenters. The molecule has 4 atom stereocenters. The first-order chi connectivity index (χ1) is 31.8. The number of fused-ring (bicyclic) bond motifs is 1. The van der Waals surface area contributed by atoms with Gasteiger partial charge in [0.15, 0.2) is 0 Å². The van der Waals surface area contributed by atoms with Gasteiger partial charge in [-0.2, -0.15) is 0 Å². The van der Waals surface area contributed by atoms with Crippen molar-refractivity contribution in [1.82, 2.24) is 40.0 Å². The Morgan fingerprint density at radius 1 is 0.708 bits per heavy atom. The van der Waals surface area contributed by atoms with Crippen LogP contribution in [-0.4, -0.2) is 105 Å². The van der Waals surface area contributed by atoms with E-state index in [0.29, 0.717) is 32.6 Å². The topological polar surface area (TPSA) is 149 Å². The largest absolute Gasteiger partial charge is 0.453 e. The zero-order chi connectivity index (χ0) is 44.9. The monoisotopic (exact) mass is 876 g/mol. The van der Waals surface area contributed by atoms with Crippen LogP contribution in [0, 0.1) is 5.92 Å². The molecular weight excluding hydrogens is 817 g/mol. The highest BCUT2D eigenvalue weighted by atomic mass is 16.5. The molecule has 65 heavy (non-hydrogen) atoms. The van der Waals surface area contributed by atoms with Gasteiger partial charge in [-0.05, 0) is 109 Å². The third-order valence-electron chi connectivity index (χ3n) is 13.8. The maximum absolute atomic E-state index is 14.4. The lowest BCUT2D eigenvalue weighted by atomic mass is 9.90. The van der Waals surface area contributed by atoms with Crippen LogP contribution in [0.5, 0.6) is 0 Å². The fourth-order valence-corrected chi connectivity index (χ4v) is 10.2. The first-order valence-electron chi connectivity index (χ1n) is 23.4. The molecule has 3 N–H and O–H groups in total. The minimum absolute atomic E-state index is 0.0209. The van der Waals surface area contributed by atoms with Gasteiger partial charge in [0.1, 0.15) is 23.7 Å². The summed E-state index contributed by atoms with van der Waals surface area (Å²) in [4.78, 5) is 63.7. The minimum atomic E-state index is -0.677. The van der Waals surface area contributed by atoms with Gasteiger partial charge in [-0.15, -0.1) is 0 Å². The van der Waals surface area contributed by atoms with E-state index >= 15 is 0 Å². The number of amides is 3. The van der Waals surface area contributed by atoms with E-state index in [1.807, 2.05) is 35.5 Å². The van der Waals surface area contributed by atoms with Crippen molar-refractivity contribution in [2.45, 2.75) is 83.0 Å². The first kappa shape index (κ1) is 43.9. The molecule has 2 aromatic heterocycles. The van der Waals surface area contributed by atoms with E-state index in [-0.39, 0.29) is 35.9 Å². The van der Waals surface area contributed by atoms with Crippen LogP contribution in [0.3, 0.4) is 0 Å². The second kappa shape index (κ2) is 19.8. The number of hydrogen-bond acceptors (Lipinski definition) is 8. The van der Waals surface area contributed by atoms with Crippen LogP contribution in [0.4, 0.5) is 4.79 Å². The van der Waals surface area contributed by atoms with Gasteiger partial charge in [-0.3, -0.25) is 14.5 Å². The number of nitrogens with zero attached hydrogens (tertiary/aromatic N) is 5. The van der Waals surface area contributed by atoms with E-state index in [1.54, 1.807) is 0 Å². The van der Waals surface area contributed by atoms with Crippen molar-refractivity contribution in [1.29, 1.82) is 0 Å². The van der Waals surface area contributed by atoms with Gasteiger partial charge < -0.3 is 34.6 Å². The number of hydrogen-bond donors (Lipinski definition) is 3. The molecule has 5 heterocycles. The Hall–Kier alpha value is -6.31. The maximum Gasteiger partial charge on any atom is 0.407 e. The second-order valence-corrected chi connectivity index (χ2v) is 17.5. The molecule has 0 bridgehead atoms. The van der Waals surface area contributed by atoms with E-state index in [4.69, 9.17) is 19.4 Å². The molecule has 0 spiro atoms. The van der Waals surface area contributed by atoms with Crippen LogP contribution in [0.1, 0.15) is 94.1 Å². The van der Waals surface area contributed by atoms with E-state index in [9.17, 15) is 14.4 Å². The fourth-order valence-electron chi connectivity index (χ4n) is 10.2. The van der Waals surface area contributed by atoms with Crippen molar-refractivity contribution < 1.29 is 23.9 Å². The molecule has 0 saturated carbocycles. The molecule has 3 amide bonds. The molecule has 3 aliphatic heterocycles. The highest BCUT2D eigenvalue weighted by Crippen LogP contribution is 2.37. The van der Waals surface area contributed by atoms with Crippen molar-refractivity contribution in [2.24, 2.45) is 5.92 Å². The molecule has 3 fully saturated rings. The number of imidazole rings is 2. The Kier molecular flexibility index (Phi) is 13.4. The number of methoxy groups -OCH3 is 1. The van der Waals surface area contributed by atoms with E-state index in [1.165, 1.54) is 7.11 Å². The standard InChI is InChI=1S/C52H60N8O5/c1-4-58(5-2)47(37-12-7-6-8-13-37)51(62)60-26-10-9-14-44(60)48-53-32-42(55-48)35-18-16-34(17-19-35)38-20-21-40-31-41(23-22-39(40)30-38)43-33-54-49(56-43)45-15-11-27-59(45)50(61)46(57-52(63)64-3)36-24-28-65-29-25-36/h6-8,12-13,16-23,30-33,36,44-47H,4-5,9-11,14-15,24-29H2,1-3H3,(H,53,55)(H,54,56)(H,57,63)/t44-,45+,46+,47-/m1/s1. The summed E-state index contributed by atoms with van der Waals surface area (Å²) >= 11 is 0. The number of alkyl carbamates (subject to hydrolysis) is 1. The number of likely N-dealkylation sites (N-methyl/N-ethyl adjacent to an activating group) is 1. The van der Waals surface area contributed by atoms with Crippen LogP contribution >= 0.6 is 0 Å². The summed E-state index contributed by atoms with van der Waals surface area (Å²) in [7, 11) is 1.32. The average Bonchev–Trinajstić information content (AvgIpc) is 4.17. The van der Waals surface area contributed by atoms with Gasteiger partial charge in [0.05, 0.1) is 43.0 Å². The molecule has 4 aromatic carbocycles. The average molecular weight is 877 g/mol. The van der Waals surface area contributed by atoms with E-state index in [0.717, 1.165) is 113 Å². The first-order valence-corrected chi connectivity index (χ1v) is 23.4. The van der Waals surface area contributed by atoms with Gasteiger partial charge in [-0.25, -0.2) is 14.8 Å². The summed E-state index contributed by atoms with van der Waals surface area (Å²) < 4.78 is 10.4. The number of nitrogens with one attached hydrogen (secondary N) is 3. The van der Waals surface area contributed by atoms with Crippen LogP contribution < -0.4 is 5.32 Å². The van der Waals surface area contributed by atoms with Crippen LogP contribution in [0.2, 0.25) is 0 Å². The molecule has 3 aliphatic rings. The Labute approximate surface area is 380 Å². The predicted molar refractivity (Wildman–Crippen MR) is 252 cm³/mol. The lowest BCUT2D eigenvalue weighted by molar-refractivity contribution is -0.141. The van der Waals surface area contributed by atoms with Crippen molar-refractivity contribution in [2.75, 3.05) is 46.5 Å². The number of benzene rings is 4. The van der Waals surface area contributed by atoms with Crippen molar-refractivity contribution in [3.8, 4) is 33.6 Å². The van der Waals surface area contributed by atoms with E-state index < -0.39 is 12.1 Å². The number of carbonyl (C=O) groups excluding carboxylic acids is 3. The molecule has 13 heteroatoms. The fraction of sp³-hybridized carbons (Fsp3) is 0.404. The second-order valence-electron chi connectivity index (χ2n) is 17.5. The zero-order valence-electron chi connectivity index (χ0n) is 37.7. The number of rotatable bonds is 13. The smallest absolute Gasteiger partial charge is 0.407 e. The van der Waals surface area contributed by atoms with Crippen molar-refractivity contribution >= 4 is 28.7 Å². The van der Waals surface area contributed by atoms with Crippen LogP contribution in [0.25, 0.3) is 44.4 Å². The van der Waals surface area contributed by atoms with Crippen molar-refractivity contribution in [3.63, 3.8) is 0 Å². The normalized spacial score (nSPS) is 19.1. The highest BCUT2D eigenvalue weighted by molar-refractivity contribution is 5.91. The molecule has 0 aliphatic carbocycles. The summed E-state index contributed by atoms with van der Waals surface area (Å²) in [6.45, 7) is 8.28. The van der Waals surface area contributed by atoms with Gasteiger partial charge in [0.2, 0.25) is 11.8 Å². The lowest BCUT2D eigenvalue weighted by Gasteiger charge is -2.39. The number of aromatic amines is 2. The molecule has 13 nitrogen and oxygen atoms in total. The zero-order valence-corrected chi connectivity index (χ0v) is 37.7. The molecule has 338 valence electrons. The van der Waals surface area contributed by atoms with Gasteiger partial charge in [0.25, 0.3) is 0 Å². The van der Waals surface area contributed by atoms with Gasteiger partial charge in [-0.1, -0.05) is 92.7 Å². The quantitative estimate of drug-likeness (QED) is 0.104. The number of aromatic nitrogens is 4. The van der Waals surface area contributed by atoms with E-state index in [2.05, 4.69) is 112 Å². The number of likely N-dealkylation sites (tertiary alicyclic amines) is 2. The Balaban J connectivity index is 0.877. The Morgan fingerprint density at radius 3 is 1.94 bits per heavy atom. The molecular formula is C52H60N8O5. The summed E-state index contributed by atoms with van der Waals surface area (Å²) in [5, 5.41) is 5.06. The highest BCUT2D eigenvalue weighted by Gasteiger charge is 2.40. The molecule has 9 rings (SSSR count). The lowest BCUT2D eigenvalue weighted by Crippen LogP contribution is -2.53. The summed E-state index contributed by atoms with van der Waals surface area (Å²) in [6, 6.07) is 30.3. The van der Waals surface area contributed by atoms with Crippen LogP contribution in [0.15, 0.2) is 103 Å². The van der Waals surface area contributed by atoms with Gasteiger partial charge >= 0.3 is 6.09 Å². The molecule has 0 radical (unpaired) electrons. The number of H-pyrrole nitrogens is 2. The molecule has 6 aromatic rings. The number of piperidine rings is 1. The maximum atomic E-state index is 14.4. The number of carbonyl (C=O) groups is 3. The third-order valence-corrected chi connectivity index (χ3v) is 13.8. The summed E-state index contributed by atoms with van der Waals surface area (Å²) in [6.07, 6.45) is 9.10. The molecule has 3 saturated heterocycles. The van der Waals surface area contributed by atoms with Crippen molar-refractivity contribution in [3.05, 3.63) is 121 Å². The third kappa shape index (κ3) is 9.30. The SMILES string of the molecule is CCN(CC)[C@@H](C(=O)N1CCCC[C@@H]1c1ncc(-c2ccc(-c3ccc4cc(-c5cnc([C@@H]6CCCN6C(=O)[C@@H](NC(=O)OC)C6CCOCC6)[nH]5)ccc4c3)cc2)[nH]1)c1ccccc1.